The minimum atomic E-state index is -0.514. The van der Waals surface area contributed by atoms with E-state index in [9.17, 15) is 0 Å². The van der Waals surface area contributed by atoms with Crippen LogP contribution in [0.15, 0.2) is 16.8 Å². The molecule has 0 aliphatic carbocycles. The van der Waals surface area contributed by atoms with Gasteiger partial charge in [-0.1, -0.05) is 19.0 Å². The smallest absolute Gasteiger partial charge is 0.276 e. The summed E-state index contributed by atoms with van der Waals surface area (Å²) in [7, 11) is 1.83. The first-order valence-corrected chi connectivity index (χ1v) is 5.72. The van der Waals surface area contributed by atoms with Crippen molar-refractivity contribution in [2.75, 3.05) is 0 Å². The zero-order valence-corrected chi connectivity index (χ0v) is 10.3. The van der Waals surface area contributed by atoms with E-state index >= 15 is 0 Å². The molecule has 17 heavy (non-hydrogen) atoms. The summed E-state index contributed by atoms with van der Waals surface area (Å²) in [4.78, 5) is 4.36. The van der Waals surface area contributed by atoms with Crippen LogP contribution in [0.4, 0.5) is 0 Å². The molecule has 2 aromatic heterocycles. The van der Waals surface area contributed by atoms with Crippen molar-refractivity contribution in [2.24, 2.45) is 12.8 Å². The first-order chi connectivity index (χ1) is 8.10. The Bertz CT molecular complexity index is 497. The van der Waals surface area contributed by atoms with Crippen LogP contribution < -0.4 is 5.73 Å². The molecule has 2 heterocycles. The molecule has 0 unspecified atom stereocenters. The minimum Gasteiger partial charge on any atom is -0.332 e. The molecule has 92 valence electrons. The second-order valence-corrected chi connectivity index (χ2v) is 4.13. The van der Waals surface area contributed by atoms with E-state index in [4.69, 9.17) is 10.3 Å². The summed E-state index contributed by atoms with van der Waals surface area (Å²) >= 11 is 0. The van der Waals surface area contributed by atoms with Crippen LogP contribution in [-0.2, 0) is 12.6 Å². The van der Waals surface area contributed by atoms with Crippen molar-refractivity contribution in [2.45, 2.75) is 32.2 Å². The van der Waals surface area contributed by atoms with Crippen LogP contribution in [0.5, 0.6) is 0 Å². The Kier molecular flexibility index (Phi) is 2.97. The molecule has 2 N–H and O–H groups in total. The van der Waals surface area contributed by atoms with Crippen molar-refractivity contribution in [3.8, 4) is 11.6 Å². The van der Waals surface area contributed by atoms with E-state index in [1.807, 2.05) is 27.0 Å². The molecule has 0 atom stereocenters. The van der Waals surface area contributed by atoms with Crippen LogP contribution in [0.25, 0.3) is 11.6 Å². The zero-order chi connectivity index (χ0) is 12.5. The van der Waals surface area contributed by atoms with Gasteiger partial charge in [0.25, 0.3) is 5.89 Å². The standard InChI is InChI=1S/C11H17N5O/c1-4-11(12,5-2)10-14-9(17-15-10)8-6-7-13-16(8)3/h6-7H,4-5,12H2,1-3H3. The maximum absolute atomic E-state index is 6.22. The maximum atomic E-state index is 6.22. The molecule has 0 bridgehead atoms. The number of hydrogen-bond acceptors (Lipinski definition) is 5. The van der Waals surface area contributed by atoms with E-state index in [-0.39, 0.29) is 0 Å². The van der Waals surface area contributed by atoms with Crippen molar-refractivity contribution >= 4 is 0 Å². The molecule has 0 amide bonds. The first kappa shape index (κ1) is 11.8. The Labute approximate surface area is 99.8 Å². The molecule has 2 aromatic rings. The van der Waals surface area contributed by atoms with Crippen molar-refractivity contribution < 1.29 is 4.52 Å². The molecule has 0 aromatic carbocycles. The fourth-order valence-corrected chi connectivity index (χ4v) is 1.68. The highest BCUT2D eigenvalue weighted by atomic mass is 16.5. The van der Waals surface area contributed by atoms with E-state index in [0.29, 0.717) is 11.7 Å². The molecule has 6 nitrogen and oxygen atoms in total. The summed E-state index contributed by atoms with van der Waals surface area (Å²) in [6.07, 6.45) is 3.23. The third-order valence-corrected chi connectivity index (χ3v) is 3.17. The Morgan fingerprint density at radius 1 is 1.41 bits per heavy atom. The van der Waals surface area contributed by atoms with Crippen molar-refractivity contribution in [3.63, 3.8) is 0 Å². The molecule has 0 aliphatic rings. The van der Waals surface area contributed by atoms with Gasteiger partial charge in [0, 0.05) is 13.2 Å². The summed E-state index contributed by atoms with van der Waals surface area (Å²) < 4.78 is 6.93. The normalized spacial score (nSPS) is 12.0. The lowest BCUT2D eigenvalue weighted by Gasteiger charge is -2.21. The van der Waals surface area contributed by atoms with Crippen molar-refractivity contribution in [1.82, 2.24) is 19.9 Å². The van der Waals surface area contributed by atoms with Crippen LogP contribution in [0, 0.1) is 0 Å². The van der Waals surface area contributed by atoms with Gasteiger partial charge in [-0.05, 0) is 18.9 Å². The van der Waals surface area contributed by atoms with Gasteiger partial charge in [-0.2, -0.15) is 10.1 Å². The lowest BCUT2D eigenvalue weighted by molar-refractivity contribution is 0.349. The molecular formula is C11H17N5O. The second-order valence-electron chi connectivity index (χ2n) is 4.13. The van der Waals surface area contributed by atoms with E-state index in [1.165, 1.54) is 0 Å². The third kappa shape index (κ3) is 1.95. The van der Waals surface area contributed by atoms with Gasteiger partial charge in [0.15, 0.2) is 5.82 Å². The predicted octanol–water partition coefficient (Wildman–Crippen LogP) is 1.44. The van der Waals surface area contributed by atoms with Gasteiger partial charge in [-0.25, -0.2) is 0 Å². The maximum Gasteiger partial charge on any atom is 0.276 e. The predicted molar refractivity (Wildman–Crippen MR) is 62.9 cm³/mol. The largest absolute Gasteiger partial charge is 0.332 e. The van der Waals surface area contributed by atoms with Gasteiger partial charge in [-0.15, -0.1) is 0 Å². The number of aryl methyl sites for hydroxylation is 1. The molecular weight excluding hydrogens is 218 g/mol. The van der Waals surface area contributed by atoms with Crippen molar-refractivity contribution in [3.05, 3.63) is 18.1 Å². The first-order valence-electron chi connectivity index (χ1n) is 5.72. The summed E-state index contributed by atoms with van der Waals surface area (Å²) in [5.41, 5.74) is 6.49. The second kappa shape index (κ2) is 4.29. The summed E-state index contributed by atoms with van der Waals surface area (Å²) in [6, 6.07) is 1.83. The van der Waals surface area contributed by atoms with Gasteiger partial charge in [0.1, 0.15) is 5.69 Å². The molecule has 0 saturated heterocycles. The molecule has 6 heteroatoms. The third-order valence-electron chi connectivity index (χ3n) is 3.17. The highest BCUT2D eigenvalue weighted by Gasteiger charge is 2.29. The Morgan fingerprint density at radius 2 is 2.12 bits per heavy atom. The Balaban J connectivity index is 2.37. The summed E-state index contributed by atoms with van der Waals surface area (Å²) in [6.45, 7) is 4.03. The summed E-state index contributed by atoms with van der Waals surface area (Å²) in [5.74, 6) is 1.01. The van der Waals surface area contributed by atoms with Gasteiger partial charge in [-0.3, -0.25) is 4.68 Å². The van der Waals surface area contributed by atoms with E-state index in [0.717, 1.165) is 18.5 Å². The topological polar surface area (TPSA) is 82.8 Å². The van der Waals surface area contributed by atoms with E-state index in [2.05, 4.69) is 15.2 Å². The lowest BCUT2D eigenvalue weighted by atomic mass is 9.93. The van der Waals surface area contributed by atoms with Crippen LogP contribution in [-0.4, -0.2) is 19.9 Å². The highest BCUT2D eigenvalue weighted by molar-refractivity contribution is 5.46. The van der Waals surface area contributed by atoms with Gasteiger partial charge >= 0.3 is 0 Å². The SMILES string of the molecule is CCC(N)(CC)c1noc(-c2ccnn2C)n1. The van der Waals surface area contributed by atoms with Crippen molar-refractivity contribution in [1.29, 1.82) is 0 Å². The fourth-order valence-electron chi connectivity index (χ4n) is 1.68. The van der Waals surface area contributed by atoms with Crippen LogP contribution in [0.3, 0.4) is 0 Å². The Morgan fingerprint density at radius 3 is 2.65 bits per heavy atom. The van der Waals surface area contributed by atoms with Crippen LogP contribution >= 0.6 is 0 Å². The number of aromatic nitrogens is 4. The number of rotatable bonds is 4. The van der Waals surface area contributed by atoms with E-state index < -0.39 is 5.54 Å². The van der Waals surface area contributed by atoms with Gasteiger partial charge in [0.05, 0.1) is 5.54 Å². The number of nitrogens with two attached hydrogens (primary N) is 1. The summed E-state index contributed by atoms with van der Waals surface area (Å²) in [5, 5.41) is 8.04. The molecule has 0 saturated carbocycles. The molecule has 2 rings (SSSR count). The number of nitrogens with zero attached hydrogens (tertiary/aromatic N) is 4. The average molecular weight is 235 g/mol. The quantitative estimate of drug-likeness (QED) is 0.867. The van der Waals surface area contributed by atoms with E-state index in [1.54, 1.807) is 10.9 Å². The lowest BCUT2D eigenvalue weighted by Crippen LogP contribution is -2.36. The monoisotopic (exact) mass is 235 g/mol. The molecule has 0 fully saturated rings. The average Bonchev–Trinajstić information content (AvgIpc) is 2.96. The van der Waals surface area contributed by atoms with Crippen LogP contribution in [0.1, 0.15) is 32.5 Å². The fraction of sp³-hybridized carbons (Fsp3) is 0.545. The Hall–Kier alpha value is -1.69. The molecule has 0 spiro atoms. The minimum absolute atomic E-state index is 0.455. The molecule has 0 radical (unpaired) electrons. The number of hydrogen-bond donors (Lipinski definition) is 1. The molecule has 0 aliphatic heterocycles. The highest BCUT2D eigenvalue weighted by Crippen LogP contribution is 2.25. The van der Waals surface area contributed by atoms with Gasteiger partial charge < -0.3 is 10.3 Å². The zero-order valence-electron chi connectivity index (χ0n) is 10.3. The van der Waals surface area contributed by atoms with Crippen LogP contribution in [0.2, 0.25) is 0 Å². The van der Waals surface area contributed by atoms with Gasteiger partial charge in [0.2, 0.25) is 0 Å².